The Morgan fingerprint density at radius 2 is 1.62 bits per heavy atom. The first-order valence-corrected chi connectivity index (χ1v) is 12.8. The average Bonchev–Trinajstić information content (AvgIpc) is 2.72. The molecule has 6 heteroatoms. The van der Waals surface area contributed by atoms with Gasteiger partial charge in [-0.05, 0) is 81.3 Å². The highest BCUT2D eigenvalue weighted by Crippen LogP contribution is 2.60. The number of hydrogen-bond acceptors (Lipinski definition) is 3. The first-order valence-electron chi connectivity index (χ1n) is 11.3. The van der Waals surface area contributed by atoms with E-state index in [9.17, 15) is 13.2 Å². The predicted octanol–water partition coefficient (Wildman–Crippen LogP) is 3.56. The Hall–Kier alpha value is -1.40. The summed E-state index contributed by atoms with van der Waals surface area (Å²) >= 11 is 0. The quantitative estimate of drug-likeness (QED) is 0.798. The van der Waals surface area contributed by atoms with Gasteiger partial charge in [-0.1, -0.05) is 24.6 Å². The van der Waals surface area contributed by atoms with Crippen molar-refractivity contribution in [2.24, 2.45) is 23.2 Å². The van der Waals surface area contributed by atoms with Crippen LogP contribution in [0.25, 0.3) is 0 Å². The summed E-state index contributed by atoms with van der Waals surface area (Å²) in [6.07, 6.45) is 9.79. The van der Waals surface area contributed by atoms with Crippen LogP contribution in [0.5, 0.6) is 0 Å². The second-order valence-corrected chi connectivity index (χ2v) is 11.9. The SMILES string of the molecule is O=C(NCC1CCCCN1S(=O)(=O)c1ccccc1)C12CC3CC(CC(C3)C1)C2. The van der Waals surface area contributed by atoms with Crippen molar-refractivity contribution in [3.63, 3.8) is 0 Å². The number of carbonyl (C=O) groups excluding carboxylic acids is 1. The molecule has 5 nitrogen and oxygen atoms in total. The zero-order valence-electron chi connectivity index (χ0n) is 17.1. The summed E-state index contributed by atoms with van der Waals surface area (Å²) < 4.78 is 28.0. The van der Waals surface area contributed by atoms with E-state index in [4.69, 9.17) is 0 Å². The third-order valence-electron chi connectivity index (χ3n) is 7.94. The molecule has 1 atom stereocenters. The number of nitrogens with one attached hydrogen (secondary N) is 1. The van der Waals surface area contributed by atoms with Crippen LogP contribution in [0.2, 0.25) is 0 Å². The number of piperidine rings is 1. The van der Waals surface area contributed by atoms with Gasteiger partial charge in [0, 0.05) is 24.5 Å². The van der Waals surface area contributed by atoms with Crippen molar-refractivity contribution in [2.45, 2.75) is 68.7 Å². The number of nitrogens with zero attached hydrogens (tertiary/aromatic N) is 1. The molecule has 0 aromatic heterocycles. The third kappa shape index (κ3) is 3.52. The van der Waals surface area contributed by atoms with Gasteiger partial charge in [0.15, 0.2) is 0 Å². The molecule has 5 fully saturated rings. The maximum absolute atomic E-state index is 13.3. The highest BCUT2D eigenvalue weighted by Gasteiger charge is 2.54. The number of amides is 1. The van der Waals surface area contributed by atoms with Gasteiger partial charge in [-0.2, -0.15) is 4.31 Å². The summed E-state index contributed by atoms with van der Waals surface area (Å²) in [5.41, 5.74) is -0.174. The lowest BCUT2D eigenvalue weighted by Crippen LogP contribution is -2.56. The van der Waals surface area contributed by atoms with E-state index in [1.54, 1.807) is 28.6 Å². The fourth-order valence-corrected chi connectivity index (χ4v) is 8.72. The molecule has 1 aromatic carbocycles. The molecule has 29 heavy (non-hydrogen) atoms. The number of hydrogen-bond donors (Lipinski definition) is 1. The molecule has 6 rings (SSSR count). The first-order chi connectivity index (χ1) is 14.0. The first kappa shape index (κ1) is 19.6. The molecule has 158 valence electrons. The fraction of sp³-hybridized carbons (Fsp3) is 0.696. The minimum absolute atomic E-state index is 0.146. The van der Waals surface area contributed by atoms with E-state index >= 15 is 0 Å². The molecule has 1 heterocycles. The van der Waals surface area contributed by atoms with Gasteiger partial charge >= 0.3 is 0 Å². The standard InChI is InChI=1S/C23H32N2O3S/c26-22(23-13-17-10-18(14-23)12-19(11-17)15-23)24-16-20-6-4-5-9-25(20)29(27,28)21-7-2-1-3-8-21/h1-3,7-8,17-20H,4-6,9-16H2,(H,24,26). The molecular formula is C23H32N2O3S. The molecule has 0 spiro atoms. The van der Waals surface area contributed by atoms with E-state index in [2.05, 4.69) is 5.32 Å². The molecule has 5 aliphatic rings. The second kappa shape index (κ2) is 7.38. The van der Waals surface area contributed by atoms with Crippen LogP contribution >= 0.6 is 0 Å². The molecular weight excluding hydrogens is 384 g/mol. The minimum atomic E-state index is -3.52. The van der Waals surface area contributed by atoms with Crippen molar-refractivity contribution >= 4 is 15.9 Å². The Balaban J connectivity index is 1.29. The molecule has 1 unspecified atom stereocenters. The van der Waals surface area contributed by atoms with Gasteiger partial charge in [-0.25, -0.2) is 8.42 Å². The largest absolute Gasteiger partial charge is 0.354 e. The Morgan fingerprint density at radius 3 is 2.24 bits per heavy atom. The van der Waals surface area contributed by atoms with Crippen molar-refractivity contribution < 1.29 is 13.2 Å². The van der Waals surface area contributed by atoms with Gasteiger partial charge in [0.1, 0.15) is 0 Å². The maximum Gasteiger partial charge on any atom is 0.243 e. The molecule has 1 aliphatic heterocycles. The van der Waals surface area contributed by atoms with Crippen LogP contribution < -0.4 is 5.32 Å². The van der Waals surface area contributed by atoms with Crippen LogP contribution in [0.1, 0.15) is 57.8 Å². The molecule has 1 saturated heterocycles. The van der Waals surface area contributed by atoms with Crippen LogP contribution in [0.3, 0.4) is 0 Å². The lowest BCUT2D eigenvalue weighted by molar-refractivity contribution is -0.146. The van der Waals surface area contributed by atoms with E-state index in [0.717, 1.165) is 56.3 Å². The zero-order valence-corrected chi connectivity index (χ0v) is 17.9. The average molecular weight is 417 g/mol. The molecule has 4 aliphatic carbocycles. The van der Waals surface area contributed by atoms with Gasteiger partial charge in [0.25, 0.3) is 0 Å². The predicted molar refractivity (Wildman–Crippen MR) is 112 cm³/mol. The highest BCUT2D eigenvalue weighted by molar-refractivity contribution is 7.89. The Bertz CT molecular complexity index is 832. The van der Waals surface area contributed by atoms with Gasteiger partial charge in [0.2, 0.25) is 15.9 Å². The molecule has 4 saturated carbocycles. The van der Waals surface area contributed by atoms with Crippen molar-refractivity contribution in [1.29, 1.82) is 0 Å². The number of carbonyl (C=O) groups is 1. The molecule has 1 amide bonds. The van der Waals surface area contributed by atoms with Crippen molar-refractivity contribution in [3.05, 3.63) is 30.3 Å². The van der Waals surface area contributed by atoms with Crippen LogP contribution in [0, 0.1) is 23.2 Å². The Kier molecular flexibility index (Phi) is 4.98. The monoisotopic (exact) mass is 416 g/mol. The molecule has 1 N–H and O–H groups in total. The third-order valence-corrected chi connectivity index (χ3v) is 9.91. The minimum Gasteiger partial charge on any atom is -0.354 e. The Labute approximate surface area is 174 Å². The van der Waals surface area contributed by atoms with E-state index in [0.29, 0.717) is 18.0 Å². The molecule has 0 radical (unpaired) electrons. The lowest BCUT2D eigenvalue weighted by Gasteiger charge is -2.55. The zero-order chi connectivity index (χ0) is 20.1. The number of sulfonamides is 1. The van der Waals surface area contributed by atoms with Crippen molar-refractivity contribution in [3.8, 4) is 0 Å². The van der Waals surface area contributed by atoms with Gasteiger partial charge in [-0.3, -0.25) is 4.79 Å². The second-order valence-electron chi connectivity index (χ2n) is 9.99. The number of rotatable bonds is 5. The van der Waals surface area contributed by atoms with E-state index < -0.39 is 10.0 Å². The van der Waals surface area contributed by atoms with Crippen LogP contribution in [-0.2, 0) is 14.8 Å². The van der Waals surface area contributed by atoms with E-state index in [1.807, 2.05) is 6.07 Å². The summed E-state index contributed by atoms with van der Waals surface area (Å²) in [4.78, 5) is 13.6. The maximum atomic E-state index is 13.3. The summed E-state index contributed by atoms with van der Waals surface area (Å²) in [6.45, 7) is 0.974. The topological polar surface area (TPSA) is 66.5 Å². The lowest BCUT2D eigenvalue weighted by atomic mass is 9.49. The van der Waals surface area contributed by atoms with E-state index in [-0.39, 0.29) is 17.4 Å². The van der Waals surface area contributed by atoms with Crippen molar-refractivity contribution in [2.75, 3.05) is 13.1 Å². The van der Waals surface area contributed by atoms with Gasteiger partial charge in [0.05, 0.1) is 4.90 Å². The van der Waals surface area contributed by atoms with Gasteiger partial charge in [-0.15, -0.1) is 0 Å². The highest BCUT2D eigenvalue weighted by atomic mass is 32.2. The smallest absolute Gasteiger partial charge is 0.243 e. The van der Waals surface area contributed by atoms with Crippen LogP contribution in [0.15, 0.2) is 35.2 Å². The number of benzene rings is 1. The van der Waals surface area contributed by atoms with E-state index in [1.165, 1.54) is 19.3 Å². The molecule has 4 bridgehead atoms. The summed E-state index contributed by atoms with van der Waals surface area (Å²) in [6, 6.07) is 8.54. The summed E-state index contributed by atoms with van der Waals surface area (Å²) in [5.74, 6) is 2.39. The normalized spacial score (nSPS) is 36.8. The van der Waals surface area contributed by atoms with Crippen molar-refractivity contribution in [1.82, 2.24) is 9.62 Å². The summed E-state index contributed by atoms with van der Waals surface area (Å²) in [7, 11) is -3.52. The van der Waals surface area contributed by atoms with Gasteiger partial charge < -0.3 is 5.32 Å². The molecule has 1 aromatic rings. The van der Waals surface area contributed by atoms with Crippen LogP contribution in [0.4, 0.5) is 0 Å². The Morgan fingerprint density at radius 1 is 1.00 bits per heavy atom. The summed E-state index contributed by atoms with van der Waals surface area (Å²) in [5, 5.41) is 3.22. The fourth-order valence-electron chi connectivity index (χ4n) is 7.01. The van der Waals surface area contributed by atoms with Crippen LogP contribution in [-0.4, -0.2) is 37.8 Å².